The van der Waals surface area contributed by atoms with Crippen molar-refractivity contribution in [3.63, 3.8) is 0 Å². The van der Waals surface area contributed by atoms with Gasteiger partial charge in [0, 0.05) is 17.6 Å². The van der Waals surface area contributed by atoms with Gasteiger partial charge in [0.1, 0.15) is 0 Å². The summed E-state index contributed by atoms with van der Waals surface area (Å²) in [5.41, 5.74) is 8.50. The number of anilines is 1. The van der Waals surface area contributed by atoms with E-state index in [4.69, 9.17) is 5.73 Å². The van der Waals surface area contributed by atoms with Gasteiger partial charge >= 0.3 is 0 Å². The van der Waals surface area contributed by atoms with Crippen LogP contribution in [0.3, 0.4) is 0 Å². The summed E-state index contributed by atoms with van der Waals surface area (Å²) in [6.07, 6.45) is 1.92. The first-order valence-corrected chi connectivity index (χ1v) is 8.55. The normalized spacial score (nSPS) is 12.7. The fourth-order valence-corrected chi connectivity index (χ4v) is 3.31. The van der Waals surface area contributed by atoms with E-state index in [9.17, 15) is 8.42 Å². The molecule has 0 radical (unpaired) electrons. The van der Waals surface area contributed by atoms with E-state index < -0.39 is 9.84 Å². The maximum atomic E-state index is 12.2. The van der Waals surface area contributed by atoms with Gasteiger partial charge in [0.15, 0.2) is 9.84 Å². The smallest absolute Gasteiger partial charge is 0.156 e. The summed E-state index contributed by atoms with van der Waals surface area (Å²) in [6.45, 7) is 7.55. The molecule has 2 N–H and O–H groups in total. The number of aromatic nitrogens is 1. The van der Waals surface area contributed by atoms with E-state index >= 15 is 0 Å². The van der Waals surface area contributed by atoms with Crippen LogP contribution < -0.4 is 5.73 Å². The molecule has 0 aliphatic rings. The van der Waals surface area contributed by atoms with Gasteiger partial charge in [0.2, 0.25) is 0 Å². The third-order valence-electron chi connectivity index (χ3n) is 3.60. The number of sulfone groups is 1. The molecule has 2 aromatic rings. The molecule has 0 spiro atoms. The fraction of sp³-hybridized carbons (Fsp3) is 0.467. The van der Waals surface area contributed by atoms with Crippen LogP contribution in [-0.2, 0) is 15.6 Å². The van der Waals surface area contributed by atoms with E-state index in [2.05, 4.69) is 18.4 Å². The number of para-hydroxylation sites is 1. The van der Waals surface area contributed by atoms with Crippen molar-refractivity contribution in [2.45, 2.75) is 44.7 Å². The van der Waals surface area contributed by atoms with Crippen LogP contribution in [0.1, 0.15) is 39.3 Å². The van der Waals surface area contributed by atoms with Gasteiger partial charge in [0.25, 0.3) is 0 Å². The SMILES string of the molecule is CC(C)n1cc(CS(=O)(=O)C(C)C)c2cccc(N)c21. The van der Waals surface area contributed by atoms with Crippen LogP contribution in [-0.4, -0.2) is 18.2 Å². The lowest BCUT2D eigenvalue weighted by Gasteiger charge is -2.10. The molecule has 1 aromatic carbocycles. The minimum absolute atomic E-state index is 0.0599. The Morgan fingerprint density at radius 1 is 1.20 bits per heavy atom. The zero-order chi connectivity index (χ0) is 15.1. The second-order valence-electron chi connectivity index (χ2n) is 5.75. The number of rotatable bonds is 4. The molecule has 0 amide bonds. The highest BCUT2D eigenvalue weighted by Crippen LogP contribution is 2.30. The van der Waals surface area contributed by atoms with Gasteiger partial charge in [-0.05, 0) is 39.3 Å². The quantitative estimate of drug-likeness (QED) is 0.881. The summed E-state index contributed by atoms with van der Waals surface area (Å²) in [4.78, 5) is 0. The predicted molar refractivity (Wildman–Crippen MR) is 84.5 cm³/mol. The van der Waals surface area contributed by atoms with Crippen molar-refractivity contribution in [3.05, 3.63) is 30.0 Å². The highest BCUT2D eigenvalue weighted by molar-refractivity contribution is 7.91. The molecule has 20 heavy (non-hydrogen) atoms. The molecule has 5 heteroatoms. The van der Waals surface area contributed by atoms with Gasteiger partial charge in [-0.25, -0.2) is 8.42 Å². The standard InChI is InChI=1S/C15H22N2O2S/c1-10(2)17-8-12(9-20(18,19)11(3)4)13-6-5-7-14(16)15(13)17/h5-8,10-11H,9,16H2,1-4H3. The molecule has 4 nitrogen and oxygen atoms in total. The second-order valence-corrected chi connectivity index (χ2v) is 8.31. The molecular weight excluding hydrogens is 272 g/mol. The second kappa shape index (κ2) is 5.13. The van der Waals surface area contributed by atoms with Crippen molar-refractivity contribution >= 4 is 26.4 Å². The molecule has 1 heterocycles. The third-order valence-corrected chi connectivity index (χ3v) is 5.75. The first kappa shape index (κ1) is 14.9. The van der Waals surface area contributed by atoms with Crippen molar-refractivity contribution in [2.24, 2.45) is 0 Å². The minimum atomic E-state index is -3.12. The Morgan fingerprint density at radius 2 is 1.85 bits per heavy atom. The monoisotopic (exact) mass is 294 g/mol. The average molecular weight is 294 g/mol. The molecule has 0 saturated heterocycles. The lowest BCUT2D eigenvalue weighted by molar-refractivity contribution is 0.586. The minimum Gasteiger partial charge on any atom is -0.397 e. The highest BCUT2D eigenvalue weighted by Gasteiger charge is 2.21. The van der Waals surface area contributed by atoms with E-state index in [0.29, 0.717) is 5.69 Å². The Labute approximate surface area is 120 Å². The zero-order valence-corrected chi connectivity index (χ0v) is 13.2. The topological polar surface area (TPSA) is 65.1 Å². The van der Waals surface area contributed by atoms with Crippen molar-refractivity contribution < 1.29 is 8.42 Å². The molecule has 0 fully saturated rings. The summed E-state index contributed by atoms with van der Waals surface area (Å²) in [5.74, 6) is 0.0599. The van der Waals surface area contributed by atoms with E-state index in [1.165, 1.54) is 0 Å². The van der Waals surface area contributed by atoms with E-state index in [1.807, 2.05) is 24.4 Å². The van der Waals surface area contributed by atoms with Gasteiger partial charge in [-0.15, -0.1) is 0 Å². The van der Waals surface area contributed by atoms with Crippen LogP contribution in [0, 0.1) is 0 Å². The van der Waals surface area contributed by atoms with Crippen LogP contribution >= 0.6 is 0 Å². The Kier molecular flexibility index (Phi) is 3.82. The molecule has 0 atom stereocenters. The van der Waals surface area contributed by atoms with Crippen molar-refractivity contribution in [1.82, 2.24) is 4.57 Å². The van der Waals surface area contributed by atoms with Gasteiger partial charge in [-0.2, -0.15) is 0 Å². The molecule has 0 aliphatic heterocycles. The molecule has 2 rings (SSSR count). The van der Waals surface area contributed by atoms with E-state index in [0.717, 1.165) is 16.5 Å². The van der Waals surface area contributed by atoms with Crippen LogP contribution in [0.5, 0.6) is 0 Å². The number of benzene rings is 1. The number of fused-ring (bicyclic) bond motifs is 1. The number of hydrogen-bond donors (Lipinski definition) is 1. The average Bonchev–Trinajstić information content (AvgIpc) is 2.69. The van der Waals surface area contributed by atoms with Crippen LogP contribution in [0.25, 0.3) is 10.9 Å². The predicted octanol–water partition coefficient (Wildman–Crippen LogP) is 3.13. The Bertz CT molecular complexity index is 728. The molecule has 1 aromatic heterocycles. The fourth-order valence-electron chi connectivity index (χ4n) is 2.32. The summed E-state index contributed by atoms with van der Waals surface area (Å²) < 4.78 is 26.4. The molecule has 0 saturated carbocycles. The first-order valence-electron chi connectivity index (χ1n) is 6.83. The first-order chi connectivity index (χ1) is 9.24. The maximum absolute atomic E-state index is 12.2. The largest absolute Gasteiger partial charge is 0.397 e. The van der Waals surface area contributed by atoms with E-state index in [-0.39, 0.29) is 17.0 Å². The molecule has 110 valence electrons. The Balaban J connectivity index is 2.64. The van der Waals surface area contributed by atoms with Crippen LogP contribution in [0.4, 0.5) is 5.69 Å². The van der Waals surface area contributed by atoms with E-state index in [1.54, 1.807) is 13.8 Å². The lowest BCUT2D eigenvalue weighted by atomic mass is 10.2. The Hall–Kier alpha value is -1.49. The van der Waals surface area contributed by atoms with Gasteiger partial charge < -0.3 is 10.3 Å². The summed E-state index contributed by atoms with van der Waals surface area (Å²) in [7, 11) is -3.12. The van der Waals surface area contributed by atoms with Gasteiger partial charge in [0.05, 0.1) is 22.2 Å². The molecule has 0 bridgehead atoms. The summed E-state index contributed by atoms with van der Waals surface area (Å²) >= 11 is 0. The molecule has 0 unspecified atom stereocenters. The number of nitrogen functional groups attached to an aromatic ring is 1. The van der Waals surface area contributed by atoms with Crippen molar-refractivity contribution in [1.29, 1.82) is 0 Å². The number of nitrogens with zero attached hydrogens (tertiary/aromatic N) is 1. The third kappa shape index (κ3) is 2.54. The zero-order valence-electron chi connectivity index (χ0n) is 12.4. The Morgan fingerprint density at radius 3 is 2.40 bits per heavy atom. The summed E-state index contributed by atoms with van der Waals surface area (Å²) in [6, 6.07) is 5.89. The maximum Gasteiger partial charge on any atom is 0.156 e. The van der Waals surface area contributed by atoms with Gasteiger partial charge in [-0.3, -0.25) is 0 Å². The van der Waals surface area contributed by atoms with Gasteiger partial charge in [-0.1, -0.05) is 12.1 Å². The number of hydrogen-bond acceptors (Lipinski definition) is 3. The number of nitrogens with two attached hydrogens (primary N) is 1. The van der Waals surface area contributed by atoms with Crippen LogP contribution in [0.2, 0.25) is 0 Å². The molecule has 0 aliphatic carbocycles. The molecular formula is C15H22N2O2S. The lowest BCUT2D eigenvalue weighted by Crippen LogP contribution is -2.15. The van der Waals surface area contributed by atoms with Crippen molar-refractivity contribution in [2.75, 3.05) is 5.73 Å². The van der Waals surface area contributed by atoms with Crippen LogP contribution in [0.15, 0.2) is 24.4 Å². The van der Waals surface area contributed by atoms with Crippen molar-refractivity contribution in [3.8, 4) is 0 Å². The highest BCUT2D eigenvalue weighted by atomic mass is 32.2. The summed E-state index contributed by atoms with van der Waals surface area (Å²) in [5, 5.41) is 0.559.